The van der Waals surface area contributed by atoms with Crippen molar-refractivity contribution in [2.24, 2.45) is 16.5 Å². The monoisotopic (exact) mass is 208 g/mol. The van der Waals surface area contributed by atoms with Gasteiger partial charge in [-0.15, -0.1) is 0 Å². The van der Waals surface area contributed by atoms with Crippen LogP contribution in [-0.4, -0.2) is 25.4 Å². The Labute approximate surface area is 88.6 Å². The minimum Gasteiger partial charge on any atom is -0.402 e. The van der Waals surface area contributed by atoms with E-state index in [1.54, 1.807) is 20.0 Å². The quantitative estimate of drug-likeness (QED) is 0.383. The van der Waals surface area contributed by atoms with Gasteiger partial charge in [0.25, 0.3) is 0 Å². The molecule has 0 aromatic carbocycles. The number of allylic oxidation sites excluding steroid dienone is 2. The second-order valence-corrected chi connectivity index (χ2v) is 3.17. The summed E-state index contributed by atoms with van der Waals surface area (Å²) in [4.78, 5) is 3.99. The van der Waals surface area contributed by atoms with E-state index in [0.717, 1.165) is 0 Å². The molecular formula is C9H16N6. The molecule has 0 saturated heterocycles. The Balaban J connectivity index is 3.09. The molecule has 82 valence electrons. The average Bonchev–Trinajstić information content (AvgIpc) is 2.17. The van der Waals surface area contributed by atoms with E-state index in [2.05, 4.69) is 15.6 Å². The third-order valence-electron chi connectivity index (χ3n) is 2.00. The van der Waals surface area contributed by atoms with E-state index in [1.165, 1.54) is 6.21 Å². The van der Waals surface area contributed by atoms with Crippen molar-refractivity contribution in [1.82, 2.24) is 10.6 Å². The Kier molecular flexibility index (Phi) is 3.46. The highest BCUT2D eigenvalue weighted by Gasteiger charge is 2.15. The molecule has 15 heavy (non-hydrogen) atoms. The fourth-order valence-electron chi connectivity index (χ4n) is 1.27. The molecular weight excluding hydrogens is 192 g/mol. The highest BCUT2D eigenvalue weighted by Crippen LogP contribution is 2.09. The summed E-state index contributed by atoms with van der Waals surface area (Å²) in [6.45, 7) is 1.74. The van der Waals surface area contributed by atoms with E-state index < -0.39 is 6.29 Å². The SMILES string of the molecule is CN=C1C=C(C(C=N)=C(C)N)NC(N)N1. The molecule has 1 rings (SSSR count). The normalized spacial score (nSPS) is 24.9. The minimum atomic E-state index is -0.419. The summed E-state index contributed by atoms with van der Waals surface area (Å²) in [6.07, 6.45) is 2.54. The first-order chi connectivity index (χ1) is 7.08. The predicted octanol–water partition coefficient (Wildman–Crippen LogP) is -0.784. The first-order valence-electron chi connectivity index (χ1n) is 4.52. The third kappa shape index (κ3) is 2.57. The lowest BCUT2D eigenvalue weighted by atomic mass is 10.1. The van der Waals surface area contributed by atoms with Crippen LogP contribution >= 0.6 is 0 Å². The number of hydrogen-bond acceptors (Lipinski definition) is 5. The van der Waals surface area contributed by atoms with Crippen LogP contribution in [-0.2, 0) is 0 Å². The largest absolute Gasteiger partial charge is 0.402 e. The number of nitrogens with one attached hydrogen (secondary N) is 3. The molecule has 0 bridgehead atoms. The van der Waals surface area contributed by atoms with Gasteiger partial charge in [-0.1, -0.05) is 0 Å². The van der Waals surface area contributed by atoms with E-state index in [4.69, 9.17) is 16.9 Å². The number of amidine groups is 1. The fraction of sp³-hybridized carbons (Fsp3) is 0.333. The lowest BCUT2D eigenvalue weighted by molar-refractivity contribution is 0.549. The number of hydrogen-bond donors (Lipinski definition) is 5. The molecule has 0 amide bonds. The van der Waals surface area contributed by atoms with Crippen LogP contribution in [0.2, 0.25) is 0 Å². The zero-order valence-electron chi connectivity index (χ0n) is 8.83. The van der Waals surface area contributed by atoms with Crippen molar-refractivity contribution in [2.45, 2.75) is 13.2 Å². The average molecular weight is 208 g/mol. The molecule has 1 atom stereocenters. The van der Waals surface area contributed by atoms with Gasteiger partial charge in [-0.3, -0.25) is 10.7 Å². The molecule has 6 heteroatoms. The van der Waals surface area contributed by atoms with Crippen molar-refractivity contribution in [3.05, 3.63) is 23.0 Å². The van der Waals surface area contributed by atoms with Crippen molar-refractivity contribution >= 4 is 12.1 Å². The second kappa shape index (κ2) is 4.61. The van der Waals surface area contributed by atoms with Crippen LogP contribution in [0.15, 0.2) is 28.0 Å². The first kappa shape index (κ1) is 11.3. The van der Waals surface area contributed by atoms with E-state index in [-0.39, 0.29) is 0 Å². The molecule has 0 aromatic heterocycles. The molecule has 1 heterocycles. The van der Waals surface area contributed by atoms with Gasteiger partial charge in [-0.05, 0) is 6.92 Å². The van der Waals surface area contributed by atoms with Gasteiger partial charge >= 0.3 is 0 Å². The molecule has 0 saturated carbocycles. The van der Waals surface area contributed by atoms with E-state index in [0.29, 0.717) is 22.8 Å². The standard InChI is InChI=1S/C9H16N6/c1-5(11)6(4-10)7-3-8(13-2)15-9(12)14-7/h3-4,9-10,14H,11-12H2,1-2H3,(H,13,15). The predicted molar refractivity (Wildman–Crippen MR) is 61.4 cm³/mol. The summed E-state index contributed by atoms with van der Waals surface area (Å²) >= 11 is 0. The van der Waals surface area contributed by atoms with Gasteiger partial charge in [0, 0.05) is 30.6 Å². The van der Waals surface area contributed by atoms with Crippen LogP contribution in [0.4, 0.5) is 0 Å². The minimum absolute atomic E-state index is 0.419. The molecule has 0 fully saturated rings. The summed E-state index contributed by atoms with van der Waals surface area (Å²) in [5.41, 5.74) is 13.2. The molecule has 1 aliphatic heterocycles. The molecule has 6 nitrogen and oxygen atoms in total. The smallest absolute Gasteiger partial charge is 0.151 e. The summed E-state index contributed by atoms with van der Waals surface area (Å²) in [7, 11) is 1.66. The van der Waals surface area contributed by atoms with Gasteiger partial charge in [-0.25, -0.2) is 0 Å². The van der Waals surface area contributed by atoms with Crippen molar-refractivity contribution in [2.75, 3.05) is 7.05 Å². The zero-order valence-corrected chi connectivity index (χ0v) is 8.83. The molecule has 1 unspecified atom stereocenters. The molecule has 0 aliphatic carbocycles. The highest BCUT2D eigenvalue weighted by atomic mass is 15.3. The molecule has 0 spiro atoms. The van der Waals surface area contributed by atoms with E-state index >= 15 is 0 Å². The van der Waals surface area contributed by atoms with Crippen LogP contribution < -0.4 is 22.1 Å². The van der Waals surface area contributed by atoms with Crippen molar-refractivity contribution < 1.29 is 0 Å². The fourth-order valence-corrected chi connectivity index (χ4v) is 1.27. The lowest BCUT2D eigenvalue weighted by Crippen LogP contribution is -2.54. The molecule has 7 N–H and O–H groups in total. The Hall–Kier alpha value is -1.82. The van der Waals surface area contributed by atoms with Crippen LogP contribution in [0.25, 0.3) is 0 Å². The summed E-state index contributed by atoms with van der Waals surface area (Å²) < 4.78 is 0. The van der Waals surface area contributed by atoms with Crippen molar-refractivity contribution in [3.63, 3.8) is 0 Å². The van der Waals surface area contributed by atoms with Crippen LogP contribution in [0.1, 0.15) is 6.92 Å². The van der Waals surface area contributed by atoms with Gasteiger partial charge in [-0.2, -0.15) is 0 Å². The van der Waals surface area contributed by atoms with Crippen molar-refractivity contribution in [3.8, 4) is 0 Å². The zero-order chi connectivity index (χ0) is 11.4. The molecule has 0 radical (unpaired) electrons. The topological polar surface area (TPSA) is 112 Å². The van der Waals surface area contributed by atoms with Gasteiger partial charge in [0.05, 0.1) is 5.70 Å². The second-order valence-electron chi connectivity index (χ2n) is 3.17. The molecule has 1 aliphatic rings. The van der Waals surface area contributed by atoms with Crippen molar-refractivity contribution in [1.29, 1.82) is 5.41 Å². The Morgan fingerprint density at radius 1 is 1.60 bits per heavy atom. The maximum Gasteiger partial charge on any atom is 0.151 e. The van der Waals surface area contributed by atoms with Gasteiger partial charge in [0.1, 0.15) is 5.84 Å². The number of nitrogens with two attached hydrogens (primary N) is 2. The van der Waals surface area contributed by atoms with Gasteiger partial charge in [0.2, 0.25) is 0 Å². The Morgan fingerprint density at radius 3 is 2.73 bits per heavy atom. The van der Waals surface area contributed by atoms with Crippen LogP contribution in [0.5, 0.6) is 0 Å². The summed E-state index contributed by atoms with van der Waals surface area (Å²) in [5.74, 6) is 0.664. The third-order valence-corrected chi connectivity index (χ3v) is 2.00. The number of nitrogens with zero attached hydrogens (tertiary/aromatic N) is 1. The van der Waals surface area contributed by atoms with Crippen LogP contribution in [0.3, 0.4) is 0 Å². The van der Waals surface area contributed by atoms with Crippen LogP contribution in [0, 0.1) is 5.41 Å². The Bertz CT molecular complexity index is 348. The maximum absolute atomic E-state index is 7.27. The van der Waals surface area contributed by atoms with Gasteiger partial charge in [0.15, 0.2) is 6.29 Å². The number of rotatable bonds is 2. The van der Waals surface area contributed by atoms with Gasteiger partial charge < -0.3 is 21.8 Å². The summed E-state index contributed by atoms with van der Waals surface area (Å²) in [6, 6.07) is 0. The maximum atomic E-state index is 7.27. The highest BCUT2D eigenvalue weighted by molar-refractivity contribution is 5.97. The first-order valence-corrected chi connectivity index (χ1v) is 4.52. The lowest BCUT2D eigenvalue weighted by Gasteiger charge is -2.25. The Morgan fingerprint density at radius 2 is 2.27 bits per heavy atom. The van der Waals surface area contributed by atoms with E-state index in [1.807, 2.05) is 0 Å². The summed E-state index contributed by atoms with van der Waals surface area (Å²) in [5, 5.41) is 13.2. The number of aliphatic imine (C=N–C) groups is 1. The van der Waals surface area contributed by atoms with E-state index in [9.17, 15) is 0 Å². The molecule has 0 aromatic rings.